The summed E-state index contributed by atoms with van der Waals surface area (Å²) in [5.41, 5.74) is 8.07. The minimum absolute atomic E-state index is 0.591. The molecule has 0 aromatic carbocycles. The second-order valence-corrected chi connectivity index (χ2v) is 2.74. The lowest BCUT2D eigenvalue weighted by atomic mass is 10.3. The van der Waals surface area contributed by atoms with Crippen LogP contribution in [0.25, 0.3) is 10.4 Å². The highest BCUT2D eigenvalue weighted by atomic mass is 15.2. The van der Waals surface area contributed by atoms with E-state index in [1.54, 1.807) is 0 Å². The van der Waals surface area contributed by atoms with Gasteiger partial charge in [0, 0.05) is 18.0 Å². The SMILES string of the molecule is CCCCN(CC)CCN=[N+]=[N-]. The molecule has 0 aromatic rings. The second kappa shape index (κ2) is 8.37. The Labute approximate surface area is 74.2 Å². The monoisotopic (exact) mass is 170 g/mol. The fraction of sp³-hybridized carbons (Fsp3) is 1.00. The Balaban J connectivity index is 3.45. The molecule has 12 heavy (non-hydrogen) atoms. The Morgan fingerprint density at radius 2 is 2.08 bits per heavy atom. The molecule has 0 radical (unpaired) electrons. The van der Waals surface area contributed by atoms with Crippen LogP contribution in [-0.2, 0) is 0 Å². The van der Waals surface area contributed by atoms with Gasteiger partial charge in [-0.05, 0) is 25.0 Å². The van der Waals surface area contributed by atoms with Crippen molar-refractivity contribution in [3.8, 4) is 0 Å². The van der Waals surface area contributed by atoms with E-state index in [9.17, 15) is 0 Å². The van der Waals surface area contributed by atoms with Crippen molar-refractivity contribution in [2.24, 2.45) is 5.11 Å². The normalized spacial score (nSPS) is 9.92. The molecule has 0 aliphatic heterocycles. The summed E-state index contributed by atoms with van der Waals surface area (Å²) in [5, 5.41) is 3.51. The maximum Gasteiger partial charge on any atom is 0.0385 e. The first-order valence-corrected chi connectivity index (χ1v) is 4.58. The molecule has 4 nitrogen and oxygen atoms in total. The largest absolute Gasteiger partial charge is 0.303 e. The summed E-state index contributed by atoms with van der Waals surface area (Å²) < 4.78 is 0. The van der Waals surface area contributed by atoms with Gasteiger partial charge in [-0.15, -0.1) is 0 Å². The lowest BCUT2D eigenvalue weighted by Gasteiger charge is -2.18. The van der Waals surface area contributed by atoms with Crippen molar-refractivity contribution in [2.75, 3.05) is 26.2 Å². The molecule has 0 fully saturated rings. The van der Waals surface area contributed by atoms with Gasteiger partial charge in [0.1, 0.15) is 0 Å². The van der Waals surface area contributed by atoms with Crippen LogP contribution in [0.3, 0.4) is 0 Å². The van der Waals surface area contributed by atoms with Crippen LogP contribution in [0.1, 0.15) is 26.7 Å². The van der Waals surface area contributed by atoms with Crippen molar-refractivity contribution >= 4 is 0 Å². The number of unbranched alkanes of at least 4 members (excludes halogenated alkanes) is 1. The van der Waals surface area contributed by atoms with E-state index in [0.29, 0.717) is 6.54 Å². The predicted octanol–water partition coefficient (Wildman–Crippen LogP) is 2.42. The number of nitrogens with zero attached hydrogens (tertiary/aromatic N) is 4. The summed E-state index contributed by atoms with van der Waals surface area (Å²) in [6.07, 6.45) is 2.45. The van der Waals surface area contributed by atoms with Gasteiger partial charge in [0.2, 0.25) is 0 Å². The molecule has 0 saturated heterocycles. The average Bonchev–Trinajstić information content (AvgIpc) is 2.11. The van der Waals surface area contributed by atoms with E-state index >= 15 is 0 Å². The molecule has 0 rings (SSSR count). The van der Waals surface area contributed by atoms with Crippen LogP contribution in [0.5, 0.6) is 0 Å². The van der Waals surface area contributed by atoms with Gasteiger partial charge in [0.15, 0.2) is 0 Å². The third-order valence-corrected chi connectivity index (χ3v) is 1.85. The van der Waals surface area contributed by atoms with Crippen LogP contribution < -0.4 is 0 Å². The summed E-state index contributed by atoms with van der Waals surface area (Å²) in [5.74, 6) is 0. The van der Waals surface area contributed by atoms with Crippen LogP contribution >= 0.6 is 0 Å². The van der Waals surface area contributed by atoms with E-state index in [-0.39, 0.29) is 0 Å². The van der Waals surface area contributed by atoms with Crippen LogP contribution in [0, 0.1) is 0 Å². The number of hydrogen-bond donors (Lipinski definition) is 0. The summed E-state index contributed by atoms with van der Waals surface area (Å²) in [6, 6.07) is 0. The Kier molecular flexibility index (Phi) is 7.86. The summed E-state index contributed by atoms with van der Waals surface area (Å²) in [4.78, 5) is 5.02. The van der Waals surface area contributed by atoms with E-state index in [0.717, 1.165) is 19.6 Å². The summed E-state index contributed by atoms with van der Waals surface area (Å²) in [6.45, 7) is 7.95. The Hall–Kier alpha value is -0.730. The third kappa shape index (κ3) is 6.01. The van der Waals surface area contributed by atoms with Gasteiger partial charge in [-0.1, -0.05) is 25.4 Å². The zero-order chi connectivity index (χ0) is 9.23. The van der Waals surface area contributed by atoms with Crippen molar-refractivity contribution in [2.45, 2.75) is 26.7 Å². The Morgan fingerprint density at radius 3 is 2.58 bits per heavy atom. The maximum atomic E-state index is 8.07. The van der Waals surface area contributed by atoms with E-state index in [2.05, 4.69) is 28.8 Å². The van der Waals surface area contributed by atoms with Gasteiger partial charge in [0.05, 0.1) is 0 Å². The molecule has 0 bridgehead atoms. The molecule has 0 unspecified atom stereocenters. The molecule has 4 heteroatoms. The number of rotatable bonds is 7. The van der Waals surface area contributed by atoms with Gasteiger partial charge < -0.3 is 4.90 Å². The van der Waals surface area contributed by atoms with E-state index in [1.165, 1.54) is 12.8 Å². The van der Waals surface area contributed by atoms with Crippen LogP contribution in [-0.4, -0.2) is 31.1 Å². The Bertz CT molecular complexity index is 140. The van der Waals surface area contributed by atoms with Crippen LogP contribution in [0.15, 0.2) is 5.11 Å². The van der Waals surface area contributed by atoms with Gasteiger partial charge in [-0.25, -0.2) is 0 Å². The molecule has 0 aliphatic rings. The standard InChI is InChI=1S/C8H18N4/c1-3-5-7-12(4-2)8-6-10-11-9/h3-8H2,1-2H3. The smallest absolute Gasteiger partial charge is 0.0385 e. The molecule has 0 saturated carbocycles. The lowest BCUT2D eigenvalue weighted by molar-refractivity contribution is 0.291. The van der Waals surface area contributed by atoms with Gasteiger partial charge in [-0.3, -0.25) is 0 Å². The Morgan fingerprint density at radius 1 is 1.33 bits per heavy atom. The number of azide groups is 1. The van der Waals surface area contributed by atoms with Crippen molar-refractivity contribution in [3.05, 3.63) is 10.4 Å². The van der Waals surface area contributed by atoms with Crippen LogP contribution in [0.2, 0.25) is 0 Å². The average molecular weight is 170 g/mol. The van der Waals surface area contributed by atoms with Gasteiger partial charge >= 0.3 is 0 Å². The summed E-state index contributed by atoms with van der Waals surface area (Å²) in [7, 11) is 0. The molecule has 0 spiro atoms. The minimum atomic E-state index is 0.591. The second-order valence-electron chi connectivity index (χ2n) is 2.74. The summed E-state index contributed by atoms with van der Waals surface area (Å²) >= 11 is 0. The zero-order valence-corrected chi connectivity index (χ0v) is 8.03. The van der Waals surface area contributed by atoms with Gasteiger partial charge in [-0.2, -0.15) is 0 Å². The quantitative estimate of drug-likeness (QED) is 0.329. The molecule has 0 N–H and O–H groups in total. The molecule has 0 atom stereocenters. The van der Waals surface area contributed by atoms with Crippen LogP contribution in [0.4, 0.5) is 0 Å². The first-order valence-electron chi connectivity index (χ1n) is 4.58. The van der Waals surface area contributed by atoms with Crippen molar-refractivity contribution < 1.29 is 0 Å². The molecule has 0 aliphatic carbocycles. The number of hydrogen-bond acceptors (Lipinski definition) is 2. The van der Waals surface area contributed by atoms with Gasteiger partial charge in [0.25, 0.3) is 0 Å². The molecule has 70 valence electrons. The first-order chi connectivity index (χ1) is 5.85. The van der Waals surface area contributed by atoms with Crippen molar-refractivity contribution in [1.29, 1.82) is 0 Å². The molecular weight excluding hydrogens is 152 g/mol. The molecule has 0 aromatic heterocycles. The first kappa shape index (κ1) is 11.3. The fourth-order valence-electron chi connectivity index (χ4n) is 1.04. The number of likely N-dealkylation sites (N-methyl/N-ethyl adjacent to an activating group) is 1. The lowest BCUT2D eigenvalue weighted by Crippen LogP contribution is -2.27. The predicted molar refractivity (Wildman–Crippen MR) is 51.0 cm³/mol. The molecule has 0 heterocycles. The fourth-order valence-corrected chi connectivity index (χ4v) is 1.04. The maximum absolute atomic E-state index is 8.07. The topological polar surface area (TPSA) is 52.0 Å². The highest BCUT2D eigenvalue weighted by Gasteiger charge is 1.98. The molecular formula is C8H18N4. The van der Waals surface area contributed by atoms with E-state index < -0.39 is 0 Å². The minimum Gasteiger partial charge on any atom is -0.303 e. The van der Waals surface area contributed by atoms with Crippen molar-refractivity contribution in [1.82, 2.24) is 4.90 Å². The third-order valence-electron chi connectivity index (χ3n) is 1.85. The highest BCUT2D eigenvalue weighted by Crippen LogP contribution is 1.94. The zero-order valence-electron chi connectivity index (χ0n) is 8.03. The van der Waals surface area contributed by atoms with E-state index in [4.69, 9.17) is 5.53 Å². The van der Waals surface area contributed by atoms with Crippen molar-refractivity contribution in [3.63, 3.8) is 0 Å². The molecule has 0 amide bonds. The van der Waals surface area contributed by atoms with E-state index in [1.807, 2.05) is 0 Å². The highest BCUT2D eigenvalue weighted by molar-refractivity contribution is 4.57.